The highest BCUT2D eigenvalue weighted by Crippen LogP contribution is 2.42. The first kappa shape index (κ1) is 38.2. The van der Waals surface area contributed by atoms with Crippen LogP contribution in [-0.2, 0) is 0 Å². The maximum absolute atomic E-state index is 2.37. The number of hydrogen-bond donors (Lipinski definition) is 0. The van der Waals surface area contributed by atoms with E-state index in [-0.39, 0.29) is 0 Å². The zero-order valence-electron chi connectivity index (χ0n) is 35.8. The van der Waals surface area contributed by atoms with Crippen LogP contribution in [0.4, 0.5) is 17.1 Å². The van der Waals surface area contributed by atoms with Gasteiger partial charge in [-0.1, -0.05) is 212 Å². The highest BCUT2D eigenvalue weighted by Gasteiger charge is 2.16. The van der Waals surface area contributed by atoms with Gasteiger partial charge in [-0.15, -0.1) is 0 Å². The van der Waals surface area contributed by atoms with Gasteiger partial charge >= 0.3 is 0 Å². The van der Waals surface area contributed by atoms with Gasteiger partial charge in [0.1, 0.15) is 0 Å². The number of fused-ring (bicyclic) bond motifs is 6. The van der Waals surface area contributed by atoms with Gasteiger partial charge in [-0.3, -0.25) is 0 Å². The highest BCUT2D eigenvalue weighted by molar-refractivity contribution is 6.15. The lowest BCUT2D eigenvalue weighted by atomic mass is 9.92. The second-order valence-electron chi connectivity index (χ2n) is 16.8. The van der Waals surface area contributed by atoms with E-state index in [0.29, 0.717) is 0 Å². The van der Waals surface area contributed by atoms with E-state index >= 15 is 0 Å². The lowest BCUT2D eigenvalue weighted by Gasteiger charge is -2.26. The fraction of sp³-hybridized carbons (Fsp3) is 0. The molecule has 0 radical (unpaired) electrons. The maximum atomic E-state index is 2.37. The molecule has 0 bridgehead atoms. The average molecular weight is 826 g/mol. The number of benzene rings is 12. The zero-order chi connectivity index (χ0) is 43.1. The molecule has 304 valence electrons. The van der Waals surface area contributed by atoms with E-state index in [1.807, 2.05) is 0 Å². The van der Waals surface area contributed by atoms with Crippen LogP contribution in [0.2, 0.25) is 0 Å². The van der Waals surface area contributed by atoms with Gasteiger partial charge in [-0.25, -0.2) is 0 Å². The standard InChI is InChI=1S/C64H43N/c1-2-14-46(15-3-1)55-18-8-9-19-56(55)47-32-38-53(39-33-47)65(54-40-34-49(35-41-54)64-43-51-17-5-7-21-58(51)60-23-11-13-25-62(60)64)52-36-30-45(31-37-52)44-26-28-48(29-27-44)63-42-50-16-4-6-20-57(50)59-22-10-12-24-61(59)63/h1-43H. The molecule has 0 aliphatic rings. The summed E-state index contributed by atoms with van der Waals surface area (Å²) in [6, 6.07) is 95.1. The van der Waals surface area contributed by atoms with E-state index < -0.39 is 0 Å². The molecule has 0 saturated heterocycles. The summed E-state index contributed by atoms with van der Waals surface area (Å²) < 4.78 is 0. The minimum Gasteiger partial charge on any atom is -0.311 e. The molecule has 0 amide bonds. The monoisotopic (exact) mass is 825 g/mol. The van der Waals surface area contributed by atoms with E-state index in [0.717, 1.165) is 17.1 Å². The third-order valence-corrected chi connectivity index (χ3v) is 13.1. The Labute approximate surface area is 379 Å². The Morgan fingerprint density at radius 3 is 0.923 bits per heavy atom. The van der Waals surface area contributed by atoms with E-state index in [4.69, 9.17) is 0 Å². The molecule has 12 aromatic rings. The Balaban J connectivity index is 0.912. The largest absolute Gasteiger partial charge is 0.311 e. The maximum Gasteiger partial charge on any atom is 0.0462 e. The highest BCUT2D eigenvalue weighted by atomic mass is 15.1. The van der Waals surface area contributed by atoms with Crippen LogP contribution in [0, 0.1) is 0 Å². The van der Waals surface area contributed by atoms with Crippen LogP contribution in [0.5, 0.6) is 0 Å². The molecule has 0 fully saturated rings. The molecule has 0 aliphatic heterocycles. The van der Waals surface area contributed by atoms with Crippen LogP contribution in [0.3, 0.4) is 0 Å². The molecule has 0 aromatic heterocycles. The van der Waals surface area contributed by atoms with Gasteiger partial charge in [0, 0.05) is 17.1 Å². The van der Waals surface area contributed by atoms with Gasteiger partial charge in [0.05, 0.1) is 0 Å². The number of nitrogens with zero attached hydrogens (tertiary/aromatic N) is 1. The summed E-state index contributed by atoms with van der Waals surface area (Å²) in [7, 11) is 0. The molecule has 0 N–H and O–H groups in total. The Hall–Kier alpha value is -8.52. The molecule has 1 nitrogen and oxygen atoms in total. The Bertz CT molecular complexity index is 3660. The molecule has 0 atom stereocenters. The molecule has 0 heterocycles. The number of rotatable bonds is 8. The van der Waals surface area contributed by atoms with Crippen LogP contribution >= 0.6 is 0 Å². The van der Waals surface area contributed by atoms with E-state index in [1.165, 1.54) is 98.7 Å². The van der Waals surface area contributed by atoms with Crippen LogP contribution in [0.1, 0.15) is 0 Å². The summed E-state index contributed by atoms with van der Waals surface area (Å²) in [5, 5.41) is 10.2. The van der Waals surface area contributed by atoms with Crippen molar-refractivity contribution in [1.82, 2.24) is 0 Å². The topological polar surface area (TPSA) is 3.24 Å². The van der Waals surface area contributed by atoms with Crippen molar-refractivity contribution < 1.29 is 0 Å². The van der Waals surface area contributed by atoms with Gasteiger partial charge in [0.2, 0.25) is 0 Å². The predicted molar refractivity (Wildman–Crippen MR) is 278 cm³/mol. The minimum atomic E-state index is 1.09. The molecule has 65 heavy (non-hydrogen) atoms. The van der Waals surface area contributed by atoms with Crippen molar-refractivity contribution in [3.63, 3.8) is 0 Å². The first-order valence-corrected chi connectivity index (χ1v) is 22.4. The number of anilines is 3. The van der Waals surface area contributed by atoms with Crippen molar-refractivity contribution in [2.75, 3.05) is 4.90 Å². The lowest BCUT2D eigenvalue weighted by molar-refractivity contribution is 1.28. The van der Waals surface area contributed by atoms with Gasteiger partial charge in [-0.05, 0) is 147 Å². The van der Waals surface area contributed by atoms with Crippen LogP contribution in [-0.4, -0.2) is 0 Å². The molecule has 12 aromatic carbocycles. The lowest BCUT2D eigenvalue weighted by Crippen LogP contribution is -2.09. The van der Waals surface area contributed by atoms with Gasteiger partial charge < -0.3 is 4.90 Å². The third-order valence-electron chi connectivity index (χ3n) is 13.1. The first-order chi connectivity index (χ1) is 32.2. The van der Waals surface area contributed by atoms with Crippen molar-refractivity contribution >= 4 is 60.2 Å². The fourth-order valence-corrected chi connectivity index (χ4v) is 9.86. The van der Waals surface area contributed by atoms with Crippen LogP contribution < -0.4 is 4.90 Å². The minimum absolute atomic E-state index is 1.09. The molecule has 0 aliphatic carbocycles. The summed E-state index contributed by atoms with van der Waals surface area (Å²) in [5.74, 6) is 0. The average Bonchev–Trinajstić information content (AvgIpc) is 3.39. The van der Waals surface area contributed by atoms with Gasteiger partial charge in [0.25, 0.3) is 0 Å². The second-order valence-corrected chi connectivity index (χ2v) is 16.8. The summed E-state index contributed by atoms with van der Waals surface area (Å²) in [6.07, 6.45) is 0. The smallest absolute Gasteiger partial charge is 0.0462 e. The van der Waals surface area contributed by atoms with E-state index in [2.05, 4.69) is 266 Å². The predicted octanol–water partition coefficient (Wildman–Crippen LogP) is 18.1. The summed E-state index contributed by atoms with van der Waals surface area (Å²) in [5.41, 5.74) is 15.4. The summed E-state index contributed by atoms with van der Waals surface area (Å²) >= 11 is 0. The van der Waals surface area contributed by atoms with Crippen molar-refractivity contribution in [1.29, 1.82) is 0 Å². The molecule has 0 spiro atoms. The van der Waals surface area contributed by atoms with Crippen molar-refractivity contribution in [2.24, 2.45) is 0 Å². The van der Waals surface area contributed by atoms with Crippen LogP contribution in [0.25, 0.3) is 98.7 Å². The summed E-state index contributed by atoms with van der Waals surface area (Å²) in [4.78, 5) is 2.37. The number of hydrogen-bond acceptors (Lipinski definition) is 1. The van der Waals surface area contributed by atoms with Crippen molar-refractivity contribution in [3.8, 4) is 55.6 Å². The Morgan fingerprint density at radius 1 is 0.185 bits per heavy atom. The second kappa shape index (κ2) is 16.3. The fourth-order valence-electron chi connectivity index (χ4n) is 9.86. The first-order valence-electron chi connectivity index (χ1n) is 22.4. The molecule has 12 rings (SSSR count). The Morgan fingerprint density at radius 2 is 0.477 bits per heavy atom. The molecular weight excluding hydrogens is 783 g/mol. The summed E-state index contributed by atoms with van der Waals surface area (Å²) in [6.45, 7) is 0. The van der Waals surface area contributed by atoms with Crippen molar-refractivity contribution in [2.45, 2.75) is 0 Å². The van der Waals surface area contributed by atoms with Crippen molar-refractivity contribution in [3.05, 3.63) is 261 Å². The molecular formula is C64H43N. The molecule has 1 heteroatoms. The molecule has 0 saturated carbocycles. The molecule has 0 unspecified atom stereocenters. The normalized spacial score (nSPS) is 11.4. The van der Waals surface area contributed by atoms with Gasteiger partial charge in [0.15, 0.2) is 0 Å². The van der Waals surface area contributed by atoms with E-state index in [1.54, 1.807) is 0 Å². The van der Waals surface area contributed by atoms with E-state index in [9.17, 15) is 0 Å². The quantitative estimate of drug-likeness (QED) is 0.138. The SMILES string of the molecule is c1ccc(-c2ccccc2-c2ccc(N(c3ccc(-c4ccc(-c5cc6ccccc6c6ccccc56)cc4)cc3)c3ccc(-c4cc5ccccc5c5ccccc45)cc3)cc2)cc1. The van der Waals surface area contributed by atoms with Crippen LogP contribution in [0.15, 0.2) is 261 Å². The Kier molecular flexibility index (Phi) is 9.58. The zero-order valence-corrected chi connectivity index (χ0v) is 35.8. The third kappa shape index (κ3) is 7.01. The van der Waals surface area contributed by atoms with Gasteiger partial charge in [-0.2, -0.15) is 0 Å².